The van der Waals surface area contributed by atoms with E-state index in [0.29, 0.717) is 32.6 Å². The van der Waals surface area contributed by atoms with Crippen LogP contribution >= 0.6 is 12.4 Å². The van der Waals surface area contributed by atoms with Crippen LogP contribution < -0.4 is 5.73 Å². The first-order valence-electron chi connectivity index (χ1n) is 9.92. The number of nitrogens with zero attached hydrogens (tertiary/aromatic N) is 2. The normalized spacial score (nSPS) is 25.2. The number of hydrogen-bond acceptors (Lipinski definition) is 3. The van der Waals surface area contributed by atoms with Gasteiger partial charge in [0.05, 0.1) is 5.92 Å². The number of benzene rings is 1. The fraction of sp³-hybridized carbons (Fsp3) is 0.619. The summed E-state index contributed by atoms with van der Waals surface area (Å²) in [6.45, 7) is 6.77. The van der Waals surface area contributed by atoms with E-state index in [2.05, 4.69) is 26.0 Å². The number of rotatable bonds is 6. The topological polar surface area (TPSA) is 66.6 Å². The van der Waals surface area contributed by atoms with Gasteiger partial charge in [-0.25, -0.2) is 0 Å². The minimum absolute atomic E-state index is 0. The van der Waals surface area contributed by atoms with Crippen molar-refractivity contribution < 1.29 is 9.59 Å². The van der Waals surface area contributed by atoms with E-state index in [0.717, 1.165) is 12.8 Å². The first kappa shape index (κ1) is 21.7. The van der Waals surface area contributed by atoms with E-state index in [4.69, 9.17) is 5.73 Å². The molecule has 1 unspecified atom stereocenters. The Labute approximate surface area is 168 Å². The Morgan fingerprint density at radius 2 is 1.81 bits per heavy atom. The molecule has 2 aliphatic heterocycles. The second-order valence-electron chi connectivity index (χ2n) is 7.67. The number of nitrogens with two attached hydrogens (primary N) is 1. The van der Waals surface area contributed by atoms with Crippen LogP contribution in [0.4, 0.5) is 0 Å². The molecular weight excluding hydrogens is 362 g/mol. The van der Waals surface area contributed by atoms with E-state index in [9.17, 15) is 9.59 Å². The van der Waals surface area contributed by atoms with Gasteiger partial charge < -0.3 is 15.5 Å². The van der Waals surface area contributed by atoms with Crippen LogP contribution in [0.2, 0.25) is 0 Å². The molecule has 0 aliphatic carbocycles. The molecule has 1 aromatic carbocycles. The van der Waals surface area contributed by atoms with E-state index in [1.54, 1.807) is 0 Å². The fourth-order valence-corrected chi connectivity index (χ4v) is 4.61. The molecule has 1 aromatic rings. The van der Waals surface area contributed by atoms with Gasteiger partial charge in [0.15, 0.2) is 0 Å². The van der Waals surface area contributed by atoms with Crippen LogP contribution in [0.1, 0.15) is 44.6 Å². The summed E-state index contributed by atoms with van der Waals surface area (Å²) in [5.74, 6) is 0.636. The van der Waals surface area contributed by atoms with Gasteiger partial charge in [0.2, 0.25) is 11.8 Å². The van der Waals surface area contributed by atoms with Gasteiger partial charge in [-0.15, -0.1) is 12.4 Å². The van der Waals surface area contributed by atoms with Crippen LogP contribution in [0.25, 0.3) is 0 Å². The van der Waals surface area contributed by atoms with Crippen LogP contribution in [-0.4, -0.2) is 53.8 Å². The molecule has 27 heavy (non-hydrogen) atoms. The Morgan fingerprint density at radius 3 is 2.41 bits per heavy atom. The van der Waals surface area contributed by atoms with Gasteiger partial charge in [0.25, 0.3) is 0 Å². The molecule has 2 heterocycles. The van der Waals surface area contributed by atoms with Gasteiger partial charge in [0.1, 0.15) is 0 Å². The smallest absolute Gasteiger partial charge is 0.228 e. The van der Waals surface area contributed by atoms with Crippen LogP contribution in [0.5, 0.6) is 0 Å². The molecule has 5 nitrogen and oxygen atoms in total. The van der Waals surface area contributed by atoms with E-state index in [1.165, 1.54) is 5.56 Å². The van der Waals surface area contributed by atoms with E-state index >= 15 is 0 Å². The summed E-state index contributed by atoms with van der Waals surface area (Å²) in [7, 11) is 0. The number of hydrogen-bond donors (Lipinski definition) is 1. The summed E-state index contributed by atoms with van der Waals surface area (Å²) in [5, 5.41) is 0. The van der Waals surface area contributed by atoms with Crippen molar-refractivity contribution in [3.8, 4) is 0 Å². The Hall–Kier alpha value is -1.59. The highest BCUT2D eigenvalue weighted by Crippen LogP contribution is 2.34. The standard InChI is InChI=1S/C21H31N3O2.ClH/c1-3-18(4-2)24-13-16(10-20(24)25)21(26)23-12-17(11-22)19(14-23)15-8-6-5-7-9-15;/h5-9,16-19H,3-4,10-14,22H2,1-2H3;1H/t16?,17-,19+;/m1./s1. The molecule has 2 N–H and O–H groups in total. The molecule has 0 aromatic heterocycles. The summed E-state index contributed by atoms with van der Waals surface area (Å²) in [6, 6.07) is 10.6. The minimum atomic E-state index is -0.198. The maximum atomic E-state index is 13.1. The highest BCUT2D eigenvalue weighted by molar-refractivity contribution is 5.89. The zero-order chi connectivity index (χ0) is 18.7. The van der Waals surface area contributed by atoms with Crippen molar-refractivity contribution in [1.82, 2.24) is 9.80 Å². The Morgan fingerprint density at radius 1 is 1.15 bits per heavy atom. The third-order valence-electron chi connectivity index (χ3n) is 6.17. The minimum Gasteiger partial charge on any atom is -0.341 e. The summed E-state index contributed by atoms with van der Waals surface area (Å²) in [6.07, 6.45) is 2.24. The van der Waals surface area contributed by atoms with Crippen molar-refractivity contribution in [2.75, 3.05) is 26.2 Å². The molecule has 0 bridgehead atoms. The number of halogens is 1. The largest absolute Gasteiger partial charge is 0.341 e. The second kappa shape index (κ2) is 9.56. The maximum absolute atomic E-state index is 13.1. The molecule has 3 atom stereocenters. The fourth-order valence-electron chi connectivity index (χ4n) is 4.61. The van der Waals surface area contributed by atoms with Crippen molar-refractivity contribution in [2.24, 2.45) is 17.6 Å². The molecule has 0 saturated carbocycles. The Kier molecular flexibility index (Phi) is 7.68. The molecule has 150 valence electrons. The number of carbonyl (C=O) groups excluding carboxylic acids is 2. The van der Waals surface area contributed by atoms with Gasteiger partial charge in [-0.3, -0.25) is 9.59 Å². The third-order valence-corrected chi connectivity index (χ3v) is 6.17. The van der Waals surface area contributed by atoms with Crippen molar-refractivity contribution in [2.45, 2.75) is 45.1 Å². The first-order valence-corrected chi connectivity index (χ1v) is 9.92. The molecule has 6 heteroatoms. The van der Waals surface area contributed by atoms with Crippen LogP contribution in [-0.2, 0) is 9.59 Å². The van der Waals surface area contributed by atoms with Gasteiger partial charge in [-0.1, -0.05) is 44.2 Å². The summed E-state index contributed by atoms with van der Waals surface area (Å²) >= 11 is 0. The number of carbonyl (C=O) groups is 2. The van der Waals surface area contributed by atoms with Crippen molar-refractivity contribution in [3.63, 3.8) is 0 Å². The maximum Gasteiger partial charge on any atom is 0.228 e. The zero-order valence-corrected chi connectivity index (χ0v) is 17.2. The van der Waals surface area contributed by atoms with Crippen LogP contribution in [0.3, 0.4) is 0 Å². The molecule has 2 aliphatic rings. The molecule has 3 rings (SSSR count). The lowest BCUT2D eigenvalue weighted by Crippen LogP contribution is -2.39. The Bertz CT molecular complexity index is 636. The zero-order valence-electron chi connectivity index (χ0n) is 16.3. The van der Waals surface area contributed by atoms with Crippen LogP contribution in [0, 0.1) is 11.8 Å². The predicted octanol–water partition coefficient (Wildman–Crippen LogP) is 2.65. The first-order chi connectivity index (χ1) is 12.6. The lowest BCUT2D eigenvalue weighted by Gasteiger charge is -2.26. The molecule has 2 saturated heterocycles. The van der Waals surface area contributed by atoms with Crippen LogP contribution in [0.15, 0.2) is 30.3 Å². The molecule has 0 spiro atoms. The van der Waals surface area contributed by atoms with Crippen molar-refractivity contribution >= 4 is 24.2 Å². The summed E-state index contributed by atoms with van der Waals surface area (Å²) < 4.78 is 0. The Balaban J connectivity index is 0.00000261. The van der Waals surface area contributed by atoms with E-state index in [-0.39, 0.29) is 48.0 Å². The third kappa shape index (κ3) is 4.46. The van der Waals surface area contributed by atoms with E-state index < -0.39 is 0 Å². The lowest BCUT2D eigenvalue weighted by atomic mass is 9.89. The highest BCUT2D eigenvalue weighted by Gasteiger charge is 2.42. The van der Waals surface area contributed by atoms with E-state index in [1.807, 2.05) is 28.0 Å². The lowest BCUT2D eigenvalue weighted by molar-refractivity contribution is -0.135. The monoisotopic (exact) mass is 393 g/mol. The summed E-state index contributed by atoms with van der Waals surface area (Å²) in [5.41, 5.74) is 7.25. The number of likely N-dealkylation sites (tertiary alicyclic amines) is 2. The average Bonchev–Trinajstić information content (AvgIpc) is 3.27. The van der Waals surface area contributed by atoms with Gasteiger partial charge >= 0.3 is 0 Å². The second-order valence-corrected chi connectivity index (χ2v) is 7.67. The average molecular weight is 394 g/mol. The summed E-state index contributed by atoms with van der Waals surface area (Å²) in [4.78, 5) is 29.4. The molecule has 0 radical (unpaired) electrons. The predicted molar refractivity (Wildman–Crippen MR) is 110 cm³/mol. The number of amides is 2. The van der Waals surface area contributed by atoms with Gasteiger partial charge in [-0.2, -0.15) is 0 Å². The van der Waals surface area contributed by atoms with Gasteiger partial charge in [-0.05, 0) is 30.9 Å². The molecule has 2 amide bonds. The molecule has 2 fully saturated rings. The molecular formula is C21H32ClN3O2. The van der Waals surface area contributed by atoms with Crippen molar-refractivity contribution in [3.05, 3.63) is 35.9 Å². The SMILES string of the molecule is CCC(CC)N1CC(C(=O)N2C[C@@H](CN)[C@H](c3ccccc3)C2)CC1=O.Cl. The van der Waals surface area contributed by atoms with Gasteiger partial charge in [0, 0.05) is 38.0 Å². The quantitative estimate of drug-likeness (QED) is 0.807. The highest BCUT2D eigenvalue weighted by atomic mass is 35.5. The van der Waals surface area contributed by atoms with Crippen molar-refractivity contribution in [1.29, 1.82) is 0 Å².